The average Bonchev–Trinajstić information content (AvgIpc) is 2.32. The molecular formula is C13H17FO3. The molecule has 1 heterocycles. The smallest absolute Gasteiger partial charge is 0.125 e. The van der Waals surface area contributed by atoms with Gasteiger partial charge in [0.15, 0.2) is 0 Å². The van der Waals surface area contributed by atoms with E-state index in [1.807, 2.05) is 0 Å². The highest BCUT2D eigenvalue weighted by Crippen LogP contribution is 2.28. The highest BCUT2D eigenvalue weighted by atomic mass is 19.1. The van der Waals surface area contributed by atoms with Crippen molar-refractivity contribution >= 4 is 0 Å². The Kier molecular flexibility index (Phi) is 3.97. The molecule has 4 heteroatoms. The fourth-order valence-corrected chi connectivity index (χ4v) is 1.94. The molecule has 0 aliphatic carbocycles. The van der Waals surface area contributed by atoms with Crippen LogP contribution in [0.1, 0.15) is 31.4 Å². The van der Waals surface area contributed by atoms with E-state index >= 15 is 0 Å². The van der Waals surface area contributed by atoms with Crippen molar-refractivity contribution in [2.45, 2.75) is 32.0 Å². The third-order valence-corrected chi connectivity index (χ3v) is 2.83. The van der Waals surface area contributed by atoms with Gasteiger partial charge >= 0.3 is 0 Å². The summed E-state index contributed by atoms with van der Waals surface area (Å²) in [4.78, 5) is 0. The molecule has 1 aliphatic rings. The molecule has 2 rings (SSSR count). The molecule has 0 amide bonds. The van der Waals surface area contributed by atoms with Crippen molar-refractivity contribution in [2.24, 2.45) is 0 Å². The normalized spacial score (nSPS) is 22.2. The molecule has 0 aromatic heterocycles. The van der Waals surface area contributed by atoms with E-state index in [0.717, 1.165) is 19.4 Å². The molecular weight excluding hydrogens is 223 g/mol. The second-order valence-corrected chi connectivity index (χ2v) is 4.32. The van der Waals surface area contributed by atoms with Gasteiger partial charge in [0, 0.05) is 12.2 Å². The van der Waals surface area contributed by atoms with Crippen molar-refractivity contribution in [3.8, 4) is 5.75 Å². The van der Waals surface area contributed by atoms with Gasteiger partial charge in [0.2, 0.25) is 0 Å². The molecule has 1 aromatic carbocycles. The number of ether oxygens (including phenoxy) is 2. The summed E-state index contributed by atoms with van der Waals surface area (Å²) in [6.45, 7) is 2.92. The molecule has 1 aromatic rings. The average molecular weight is 240 g/mol. The van der Waals surface area contributed by atoms with Crippen LogP contribution in [-0.4, -0.2) is 24.4 Å². The highest BCUT2D eigenvalue weighted by Gasteiger charge is 2.18. The molecule has 1 N–H and O–H groups in total. The first kappa shape index (κ1) is 12.3. The maximum Gasteiger partial charge on any atom is 0.125 e. The largest absolute Gasteiger partial charge is 0.488 e. The van der Waals surface area contributed by atoms with Gasteiger partial charge in [0.25, 0.3) is 0 Å². The molecule has 3 nitrogen and oxygen atoms in total. The van der Waals surface area contributed by atoms with Gasteiger partial charge in [-0.1, -0.05) is 0 Å². The number of benzene rings is 1. The first-order valence-electron chi connectivity index (χ1n) is 5.88. The van der Waals surface area contributed by atoms with Crippen LogP contribution in [0.25, 0.3) is 0 Å². The Balaban J connectivity index is 2.13. The van der Waals surface area contributed by atoms with Crippen molar-refractivity contribution in [1.29, 1.82) is 0 Å². The van der Waals surface area contributed by atoms with Crippen molar-refractivity contribution in [1.82, 2.24) is 0 Å². The van der Waals surface area contributed by atoms with E-state index in [-0.39, 0.29) is 11.9 Å². The molecule has 1 aliphatic heterocycles. The quantitative estimate of drug-likeness (QED) is 0.882. The van der Waals surface area contributed by atoms with Gasteiger partial charge in [0.05, 0.1) is 12.7 Å². The zero-order valence-corrected chi connectivity index (χ0v) is 9.86. The number of rotatable bonds is 3. The summed E-state index contributed by atoms with van der Waals surface area (Å²) in [5.41, 5.74) is 0.482. The Morgan fingerprint density at radius 1 is 1.53 bits per heavy atom. The molecule has 2 atom stereocenters. The Bertz CT molecular complexity index is 373. The van der Waals surface area contributed by atoms with Crippen LogP contribution in [0.5, 0.6) is 5.75 Å². The van der Waals surface area contributed by atoms with E-state index in [4.69, 9.17) is 9.47 Å². The van der Waals surface area contributed by atoms with Crippen LogP contribution < -0.4 is 4.74 Å². The summed E-state index contributed by atoms with van der Waals surface area (Å²) in [5.74, 6) is 0.171. The van der Waals surface area contributed by atoms with Gasteiger partial charge in [-0.2, -0.15) is 0 Å². The van der Waals surface area contributed by atoms with Gasteiger partial charge in [0.1, 0.15) is 17.7 Å². The monoisotopic (exact) mass is 240 g/mol. The Hall–Kier alpha value is -1.13. The first-order valence-corrected chi connectivity index (χ1v) is 5.88. The molecule has 0 spiro atoms. The molecule has 1 saturated heterocycles. The topological polar surface area (TPSA) is 38.7 Å². The van der Waals surface area contributed by atoms with Gasteiger partial charge in [-0.3, -0.25) is 0 Å². The van der Waals surface area contributed by atoms with E-state index in [1.165, 1.54) is 12.1 Å². The standard InChI is InChI=1S/C13H17FO3/c1-9(15)12-7-10(14)4-5-13(12)17-11-3-2-6-16-8-11/h4-5,7,9,11,15H,2-3,6,8H2,1H3. The summed E-state index contributed by atoms with van der Waals surface area (Å²) in [6, 6.07) is 4.21. The lowest BCUT2D eigenvalue weighted by molar-refractivity contribution is 0.00609. The number of aliphatic hydroxyl groups excluding tert-OH is 1. The van der Waals surface area contributed by atoms with Crippen molar-refractivity contribution in [3.05, 3.63) is 29.6 Å². The minimum atomic E-state index is -0.745. The zero-order valence-electron chi connectivity index (χ0n) is 9.86. The Morgan fingerprint density at radius 3 is 3.00 bits per heavy atom. The van der Waals surface area contributed by atoms with E-state index in [2.05, 4.69) is 0 Å². The number of hydrogen-bond donors (Lipinski definition) is 1. The van der Waals surface area contributed by atoms with Crippen LogP contribution in [0, 0.1) is 5.82 Å². The van der Waals surface area contributed by atoms with Crippen LogP contribution >= 0.6 is 0 Å². The molecule has 0 radical (unpaired) electrons. The van der Waals surface area contributed by atoms with Gasteiger partial charge in [-0.05, 0) is 38.0 Å². The first-order chi connectivity index (χ1) is 8.16. The Morgan fingerprint density at radius 2 is 2.35 bits per heavy atom. The molecule has 17 heavy (non-hydrogen) atoms. The Labute approximate surface area is 100 Å². The lowest BCUT2D eigenvalue weighted by Gasteiger charge is -2.25. The summed E-state index contributed by atoms with van der Waals surface area (Å²) < 4.78 is 24.2. The van der Waals surface area contributed by atoms with E-state index in [0.29, 0.717) is 17.9 Å². The van der Waals surface area contributed by atoms with Crippen molar-refractivity contribution in [3.63, 3.8) is 0 Å². The van der Waals surface area contributed by atoms with Crippen LogP contribution in [0.3, 0.4) is 0 Å². The second-order valence-electron chi connectivity index (χ2n) is 4.32. The number of hydrogen-bond acceptors (Lipinski definition) is 3. The second kappa shape index (κ2) is 5.47. The van der Waals surface area contributed by atoms with Crippen LogP contribution in [0.15, 0.2) is 18.2 Å². The zero-order chi connectivity index (χ0) is 12.3. The van der Waals surface area contributed by atoms with Gasteiger partial charge in [-0.25, -0.2) is 4.39 Å². The number of aliphatic hydroxyl groups is 1. The summed E-state index contributed by atoms with van der Waals surface area (Å²) >= 11 is 0. The van der Waals surface area contributed by atoms with Gasteiger partial charge < -0.3 is 14.6 Å². The maximum absolute atomic E-state index is 13.1. The molecule has 0 bridgehead atoms. The molecule has 1 fully saturated rings. The SMILES string of the molecule is CC(O)c1cc(F)ccc1OC1CCCOC1. The lowest BCUT2D eigenvalue weighted by atomic mass is 10.1. The van der Waals surface area contributed by atoms with Crippen LogP contribution in [0.4, 0.5) is 4.39 Å². The van der Waals surface area contributed by atoms with Crippen LogP contribution in [0.2, 0.25) is 0 Å². The molecule has 2 unspecified atom stereocenters. The molecule has 94 valence electrons. The molecule has 0 saturated carbocycles. The van der Waals surface area contributed by atoms with Gasteiger partial charge in [-0.15, -0.1) is 0 Å². The fourth-order valence-electron chi connectivity index (χ4n) is 1.94. The van der Waals surface area contributed by atoms with Crippen molar-refractivity contribution < 1.29 is 19.0 Å². The maximum atomic E-state index is 13.1. The lowest BCUT2D eigenvalue weighted by Crippen LogP contribution is -2.28. The predicted octanol–water partition coefficient (Wildman–Crippen LogP) is 2.44. The summed E-state index contributed by atoms with van der Waals surface area (Å²) in [7, 11) is 0. The summed E-state index contributed by atoms with van der Waals surface area (Å²) in [6.07, 6.45) is 1.14. The third kappa shape index (κ3) is 3.17. The summed E-state index contributed by atoms with van der Waals surface area (Å²) in [5, 5.41) is 9.58. The number of halogens is 1. The van der Waals surface area contributed by atoms with E-state index in [9.17, 15) is 9.50 Å². The highest BCUT2D eigenvalue weighted by molar-refractivity contribution is 5.35. The fraction of sp³-hybridized carbons (Fsp3) is 0.538. The van der Waals surface area contributed by atoms with Crippen molar-refractivity contribution in [2.75, 3.05) is 13.2 Å². The van der Waals surface area contributed by atoms with E-state index < -0.39 is 6.10 Å². The van der Waals surface area contributed by atoms with E-state index in [1.54, 1.807) is 13.0 Å². The van der Waals surface area contributed by atoms with Crippen LogP contribution in [-0.2, 0) is 4.74 Å². The third-order valence-electron chi connectivity index (χ3n) is 2.83. The predicted molar refractivity (Wildman–Crippen MR) is 61.5 cm³/mol. The minimum Gasteiger partial charge on any atom is -0.488 e. The minimum absolute atomic E-state index is 0.00767.